The molecular formula is C21H28N6OS. The number of carbonyl (C=O) groups excluding carboxylic acids is 1. The molecule has 0 saturated heterocycles. The van der Waals surface area contributed by atoms with Gasteiger partial charge in [-0.2, -0.15) is 10.1 Å². The van der Waals surface area contributed by atoms with Crippen LogP contribution in [0.1, 0.15) is 72.1 Å². The Morgan fingerprint density at radius 2 is 2.03 bits per heavy atom. The maximum atomic E-state index is 12.3. The van der Waals surface area contributed by atoms with Crippen LogP contribution in [0.2, 0.25) is 0 Å². The zero-order chi connectivity index (χ0) is 20.2. The van der Waals surface area contributed by atoms with Crippen LogP contribution in [0.15, 0.2) is 11.7 Å². The summed E-state index contributed by atoms with van der Waals surface area (Å²) in [5.41, 5.74) is 4.23. The van der Waals surface area contributed by atoms with Crippen molar-refractivity contribution in [2.45, 2.75) is 71.1 Å². The minimum atomic E-state index is 0.0616. The minimum absolute atomic E-state index is 0.0616. The Hall–Kier alpha value is -2.35. The first kappa shape index (κ1) is 19.9. The van der Waals surface area contributed by atoms with Crippen LogP contribution >= 0.6 is 11.3 Å². The highest BCUT2D eigenvalue weighted by Gasteiger charge is 2.18. The summed E-state index contributed by atoms with van der Waals surface area (Å²) in [4.78, 5) is 25.7. The van der Waals surface area contributed by atoms with Crippen LogP contribution in [-0.4, -0.2) is 37.0 Å². The number of rotatable bonds is 7. The molecule has 0 unspecified atom stereocenters. The quantitative estimate of drug-likeness (QED) is 0.642. The Labute approximate surface area is 175 Å². The van der Waals surface area contributed by atoms with E-state index in [1.807, 2.05) is 13.8 Å². The van der Waals surface area contributed by atoms with Gasteiger partial charge >= 0.3 is 0 Å². The van der Waals surface area contributed by atoms with Gasteiger partial charge in [0.2, 0.25) is 5.91 Å². The second kappa shape index (κ2) is 8.98. The highest BCUT2D eigenvalue weighted by molar-refractivity contribution is 7.09. The van der Waals surface area contributed by atoms with Crippen LogP contribution < -0.4 is 5.32 Å². The molecule has 0 bridgehead atoms. The van der Waals surface area contributed by atoms with Crippen LogP contribution in [0, 0.1) is 13.8 Å². The lowest BCUT2D eigenvalue weighted by molar-refractivity contribution is -0.121. The summed E-state index contributed by atoms with van der Waals surface area (Å²) in [5, 5.41) is 10.6. The zero-order valence-corrected chi connectivity index (χ0v) is 18.0. The lowest BCUT2D eigenvalue weighted by Gasteiger charge is -2.19. The Kier molecular flexibility index (Phi) is 6.18. The molecule has 1 N–H and O–H groups in total. The van der Waals surface area contributed by atoms with Crippen molar-refractivity contribution in [1.82, 2.24) is 29.9 Å². The lowest BCUT2D eigenvalue weighted by Crippen LogP contribution is -2.26. The maximum absolute atomic E-state index is 12.3. The predicted molar refractivity (Wildman–Crippen MR) is 113 cm³/mol. The summed E-state index contributed by atoms with van der Waals surface area (Å²) in [6.07, 6.45) is 9.95. The third-order valence-corrected chi connectivity index (χ3v) is 6.77. The third kappa shape index (κ3) is 4.63. The van der Waals surface area contributed by atoms with Gasteiger partial charge in [0, 0.05) is 42.1 Å². The first-order chi connectivity index (χ1) is 14.1. The fourth-order valence-corrected chi connectivity index (χ4v) is 5.06. The van der Waals surface area contributed by atoms with Crippen LogP contribution in [0.4, 0.5) is 0 Å². The van der Waals surface area contributed by atoms with E-state index in [4.69, 9.17) is 4.98 Å². The number of aryl methyl sites for hydroxylation is 2. The molecule has 0 aromatic carbocycles. The van der Waals surface area contributed by atoms with Crippen molar-refractivity contribution in [3.05, 3.63) is 39.4 Å². The Morgan fingerprint density at radius 3 is 2.86 bits per heavy atom. The van der Waals surface area contributed by atoms with Gasteiger partial charge in [0.25, 0.3) is 5.78 Å². The fourth-order valence-electron chi connectivity index (χ4n) is 4.18. The van der Waals surface area contributed by atoms with Crippen molar-refractivity contribution >= 4 is 23.0 Å². The van der Waals surface area contributed by atoms with Gasteiger partial charge in [0.15, 0.2) is 0 Å². The molecule has 1 amide bonds. The number of thiazole rings is 1. The van der Waals surface area contributed by atoms with E-state index >= 15 is 0 Å². The van der Waals surface area contributed by atoms with Crippen LogP contribution in [0.3, 0.4) is 0 Å². The van der Waals surface area contributed by atoms with E-state index in [-0.39, 0.29) is 5.91 Å². The second-order valence-corrected chi connectivity index (χ2v) is 8.78. The monoisotopic (exact) mass is 412 g/mol. The number of hydrogen-bond donors (Lipinski definition) is 1. The molecule has 154 valence electrons. The molecule has 3 aromatic heterocycles. The van der Waals surface area contributed by atoms with Crippen molar-refractivity contribution in [3.8, 4) is 0 Å². The molecule has 3 aromatic rings. The summed E-state index contributed by atoms with van der Waals surface area (Å²) >= 11 is 1.72. The van der Waals surface area contributed by atoms with Crippen molar-refractivity contribution in [1.29, 1.82) is 0 Å². The van der Waals surface area contributed by atoms with Crippen molar-refractivity contribution < 1.29 is 4.79 Å². The molecule has 7 nitrogen and oxygen atoms in total. The lowest BCUT2D eigenvalue weighted by atomic mass is 9.87. The van der Waals surface area contributed by atoms with Gasteiger partial charge < -0.3 is 5.32 Å². The van der Waals surface area contributed by atoms with E-state index in [0.29, 0.717) is 31.1 Å². The molecule has 4 rings (SSSR count). The number of nitrogens with zero attached hydrogens (tertiary/aromatic N) is 5. The summed E-state index contributed by atoms with van der Waals surface area (Å²) in [6.45, 7) is 4.59. The first-order valence-corrected chi connectivity index (χ1v) is 11.4. The highest BCUT2D eigenvalue weighted by atomic mass is 32.1. The summed E-state index contributed by atoms with van der Waals surface area (Å²) in [6, 6.07) is 0. The van der Waals surface area contributed by atoms with Gasteiger partial charge in [-0.05, 0) is 38.7 Å². The van der Waals surface area contributed by atoms with Crippen molar-refractivity contribution in [3.63, 3.8) is 0 Å². The molecule has 8 heteroatoms. The zero-order valence-electron chi connectivity index (χ0n) is 17.1. The van der Waals surface area contributed by atoms with E-state index in [1.54, 1.807) is 15.9 Å². The molecule has 0 atom stereocenters. The average molecular weight is 413 g/mol. The summed E-state index contributed by atoms with van der Waals surface area (Å²) in [5.74, 6) is 1.31. The molecule has 1 aliphatic carbocycles. The number of fused-ring (bicyclic) bond motifs is 1. The molecule has 0 spiro atoms. The van der Waals surface area contributed by atoms with Gasteiger partial charge in [-0.25, -0.2) is 14.5 Å². The van der Waals surface area contributed by atoms with Gasteiger partial charge in [-0.15, -0.1) is 11.3 Å². The number of amides is 1. The number of carbonyl (C=O) groups is 1. The van der Waals surface area contributed by atoms with Crippen molar-refractivity contribution in [2.75, 3.05) is 6.54 Å². The summed E-state index contributed by atoms with van der Waals surface area (Å²) < 4.78 is 1.73. The molecule has 1 saturated carbocycles. The van der Waals surface area contributed by atoms with Gasteiger partial charge in [0.1, 0.15) is 6.33 Å². The Balaban J connectivity index is 1.25. The van der Waals surface area contributed by atoms with E-state index in [2.05, 4.69) is 25.8 Å². The second-order valence-electron chi connectivity index (χ2n) is 7.83. The van der Waals surface area contributed by atoms with Crippen molar-refractivity contribution in [2.24, 2.45) is 0 Å². The Bertz CT molecular complexity index is 988. The number of aromatic nitrogens is 5. The van der Waals surface area contributed by atoms with Crippen LogP contribution in [0.5, 0.6) is 0 Å². The SMILES string of the molecule is Cc1nc2ncnn2c(C)c1CCC(=O)NCCc1nc(C2CCCCC2)cs1. The molecule has 29 heavy (non-hydrogen) atoms. The number of nitrogens with one attached hydrogen (secondary N) is 1. The predicted octanol–water partition coefficient (Wildman–Crippen LogP) is 3.54. The van der Waals surface area contributed by atoms with Crippen LogP contribution in [-0.2, 0) is 17.6 Å². The van der Waals surface area contributed by atoms with Gasteiger partial charge in [-0.1, -0.05) is 19.3 Å². The molecule has 0 aliphatic heterocycles. The van der Waals surface area contributed by atoms with E-state index in [0.717, 1.165) is 28.4 Å². The largest absolute Gasteiger partial charge is 0.356 e. The highest BCUT2D eigenvalue weighted by Crippen LogP contribution is 2.33. The maximum Gasteiger partial charge on any atom is 0.252 e. The topological polar surface area (TPSA) is 85.1 Å². The minimum Gasteiger partial charge on any atom is -0.356 e. The molecule has 1 aliphatic rings. The molecule has 3 heterocycles. The van der Waals surface area contributed by atoms with E-state index in [1.165, 1.54) is 44.1 Å². The fraction of sp³-hybridized carbons (Fsp3) is 0.571. The first-order valence-electron chi connectivity index (χ1n) is 10.5. The Morgan fingerprint density at radius 1 is 1.21 bits per heavy atom. The third-order valence-electron chi connectivity index (χ3n) is 5.84. The van der Waals surface area contributed by atoms with Gasteiger partial charge in [-0.3, -0.25) is 4.79 Å². The molecule has 0 radical (unpaired) electrons. The smallest absolute Gasteiger partial charge is 0.252 e. The molecule has 1 fully saturated rings. The molecular weight excluding hydrogens is 384 g/mol. The van der Waals surface area contributed by atoms with Gasteiger partial charge in [0.05, 0.1) is 10.7 Å². The van der Waals surface area contributed by atoms with E-state index in [9.17, 15) is 4.79 Å². The summed E-state index contributed by atoms with van der Waals surface area (Å²) in [7, 11) is 0. The normalized spacial score (nSPS) is 15.1. The van der Waals surface area contributed by atoms with E-state index < -0.39 is 0 Å². The average Bonchev–Trinajstić information content (AvgIpc) is 3.38. The van der Waals surface area contributed by atoms with Crippen LogP contribution in [0.25, 0.3) is 5.78 Å². The standard InChI is InChI=1S/C21H28N6OS/c1-14-17(15(2)27-21(25-14)23-13-24-27)8-9-19(28)22-11-10-20-26-18(12-29-20)16-6-4-3-5-7-16/h12-13,16H,3-11H2,1-2H3,(H,22,28). The number of hydrogen-bond acceptors (Lipinski definition) is 6.